The Kier molecular flexibility index (Phi) is 4.88. The number of esters is 2. The van der Waals surface area contributed by atoms with Crippen molar-refractivity contribution < 1.29 is 19.1 Å². The van der Waals surface area contributed by atoms with E-state index in [4.69, 9.17) is 9.47 Å². The summed E-state index contributed by atoms with van der Waals surface area (Å²) in [7, 11) is 0. The lowest BCUT2D eigenvalue weighted by atomic mass is 9.84. The van der Waals surface area contributed by atoms with Crippen LogP contribution in [-0.2, 0) is 24.5 Å². The predicted molar refractivity (Wildman–Crippen MR) is 93.9 cm³/mol. The molecule has 0 unspecified atom stereocenters. The molecule has 25 heavy (non-hydrogen) atoms. The molecule has 3 rings (SSSR count). The largest absolute Gasteiger partial charge is 0.466 e. The Labute approximate surface area is 147 Å². The van der Waals surface area contributed by atoms with Gasteiger partial charge < -0.3 is 9.47 Å². The van der Waals surface area contributed by atoms with Crippen LogP contribution >= 0.6 is 0 Å². The molecule has 0 bridgehead atoms. The van der Waals surface area contributed by atoms with Crippen LogP contribution in [0.25, 0.3) is 0 Å². The summed E-state index contributed by atoms with van der Waals surface area (Å²) in [6, 6.07) is 19.3. The van der Waals surface area contributed by atoms with E-state index in [0.29, 0.717) is 0 Å². The van der Waals surface area contributed by atoms with Crippen molar-refractivity contribution in [3.63, 3.8) is 0 Å². The summed E-state index contributed by atoms with van der Waals surface area (Å²) < 4.78 is 10.6. The summed E-state index contributed by atoms with van der Waals surface area (Å²) in [6.07, 6.45) is 0. The molecule has 0 amide bonds. The van der Waals surface area contributed by atoms with Crippen LogP contribution in [0.4, 0.5) is 0 Å². The molecular weight excluding hydrogens is 316 g/mol. The summed E-state index contributed by atoms with van der Waals surface area (Å²) in [5.41, 5.74) is 1.12. The highest BCUT2D eigenvalue weighted by molar-refractivity contribution is 5.94. The molecule has 2 aromatic carbocycles. The van der Waals surface area contributed by atoms with Gasteiger partial charge >= 0.3 is 11.9 Å². The third-order valence-corrected chi connectivity index (χ3v) is 4.79. The van der Waals surface area contributed by atoms with E-state index in [-0.39, 0.29) is 25.2 Å². The van der Waals surface area contributed by atoms with Gasteiger partial charge in [-0.05, 0) is 25.0 Å². The number of benzene rings is 2. The van der Waals surface area contributed by atoms with Crippen molar-refractivity contribution in [3.8, 4) is 0 Å². The van der Waals surface area contributed by atoms with Gasteiger partial charge in [0.25, 0.3) is 0 Å². The summed E-state index contributed by atoms with van der Waals surface area (Å²) >= 11 is 0. The topological polar surface area (TPSA) is 52.6 Å². The van der Waals surface area contributed by atoms with Gasteiger partial charge in [-0.25, -0.2) is 0 Å². The molecule has 1 aliphatic rings. The van der Waals surface area contributed by atoms with E-state index in [1.165, 1.54) is 0 Å². The second kappa shape index (κ2) is 7.09. The molecule has 1 saturated carbocycles. The van der Waals surface area contributed by atoms with E-state index in [0.717, 1.165) is 11.1 Å². The highest BCUT2D eigenvalue weighted by Gasteiger charge is 2.74. The number of ether oxygens (including phenoxy) is 2. The lowest BCUT2D eigenvalue weighted by Gasteiger charge is -2.19. The van der Waals surface area contributed by atoms with Crippen LogP contribution in [0.5, 0.6) is 0 Å². The van der Waals surface area contributed by atoms with Crippen LogP contribution in [0.3, 0.4) is 0 Å². The summed E-state index contributed by atoms with van der Waals surface area (Å²) in [6.45, 7) is 4.10. The molecule has 0 aliphatic heterocycles. The van der Waals surface area contributed by atoms with Gasteiger partial charge in [-0.2, -0.15) is 0 Å². The third kappa shape index (κ3) is 2.82. The standard InChI is InChI=1S/C21H22O4/c1-3-24-19(22)17-18(20(23)25-4-2)21(17,15-11-7-5-8-12-15)16-13-9-6-10-14-16/h5-14,17-18H,3-4H2,1-2H3/t17-,18+. The summed E-state index contributed by atoms with van der Waals surface area (Å²) in [5.74, 6) is -1.85. The number of hydrogen-bond donors (Lipinski definition) is 0. The second-order valence-corrected chi connectivity index (χ2v) is 6.06. The Morgan fingerprint density at radius 2 is 1.12 bits per heavy atom. The minimum absolute atomic E-state index is 0.282. The van der Waals surface area contributed by atoms with Gasteiger partial charge in [-0.15, -0.1) is 0 Å². The molecular formula is C21H22O4. The molecule has 0 saturated heterocycles. The average Bonchev–Trinajstić information content (AvgIpc) is 3.35. The fraction of sp³-hybridized carbons (Fsp3) is 0.333. The maximum Gasteiger partial charge on any atom is 0.311 e. The monoisotopic (exact) mass is 338 g/mol. The van der Waals surface area contributed by atoms with Gasteiger partial charge in [0.2, 0.25) is 0 Å². The third-order valence-electron chi connectivity index (χ3n) is 4.79. The van der Waals surface area contributed by atoms with Crippen molar-refractivity contribution in [3.05, 3.63) is 71.8 Å². The predicted octanol–water partition coefficient (Wildman–Crippen LogP) is 3.34. The van der Waals surface area contributed by atoms with E-state index in [2.05, 4.69) is 0 Å². The number of hydrogen-bond acceptors (Lipinski definition) is 4. The maximum atomic E-state index is 12.7. The van der Waals surface area contributed by atoms with Crippen LogP contribution in [0, 0.1) is 11.8 Å². The van der Waals surface area contributed by atoms with Crippen molar-refractivity contribution in [1.82, 2.24) is 0 Å². The van der Waals surface area contributed by atoms with E-state index < -0.39 is 17.3 Å². The molecule has 0 heterocycles. The minimum atomic E-state index is -0.735. The van der Waals surface area contributed by atoms with E-state index in [9.17, 15) is 9.59 Å². The van der Waals surface area contributed by atoms with Crippen LogP contribution in [0.15, 0.2) is 60.7 Å². The average molecular weight is 338 g/mol. The first-order valence-corrected chi connectivity index (χ1v) is 8.62. The van der Waals surface area contributed by atoms with Gasteiger partial charge in [0, 0.05) is 5.41 Å². The molecule has 130 valence electrons. The van der Waals surface area contributed by atoms with E-state index >= 15 is 0 Å². The van der Waals surface area contributed by atoms with Gasteiger partial charge in [-0.3, -0.25) is 9.59 Å². The van der Waals surface area contributed by atoms with Crippen LogP contribution in [0.1, 0.15) is 25.0 Å². The SMILES string of the molecule is CCOC(=O)[C@@H]1[C@H](C(=O)OCC)C1(c1ccccc1)c1ccccc1. The first-order chi connectivity index (χ1) is 12.2. The van der Waals surface area contributed by atoms with Crippen LogP contribution in [-0.4, -0.2) is 25.2 Å². The lowest BCUT2D eigenvalue weighted by molar-refractivity contribution is -0.150. The zero-order chi connectivity index (χ0) is 17.9. The molecule has 4 heteroatoms. The minimum Gasteiger partial charge on any atom is -0.466 e. The molecule has 1 fully saturated rings. The lowest BCUT2D eigenvalue weighted by Crippen LogP contribution is -2.20. The Balaban J connectivity index is 2.15. The van der Waals surface area contributed by atoms with Gasteiger partial charge in [0.05, 0.1) is 25.0 Å². The molecule has 1 aliphatic carbocycles. The summed E-state index contributed by atoms with van der Waals surface area (Å²) in [5, 5.41) is 0. The Hall–Kier alpha value is -2.62. The molecule has 0 aromatic heterocycles. The quantitative estimate of drug-likeness (QED) is 0.758. The second-order valence-electron chi connectivity index (χ2n) is 6.06. The van der Waals surface area contributed by atoms with Gasteiger partial charge in [0.15, 0.2) is 0 Å². The number of carbonyl (C=O) groups excluding carboxylic acids is 2. The first kappa shape index (κ1) is 17.2. The van der Waals surface area contributed by atoms with E-state index in [1.807, 2.05) is 60.7 Å². The molecule has 2 atom stereocenters. The molecule has 2 aromatic rings. The fourth-order valence-electron chi connectivity index (χ4n) is 3.81. The molecule has 0 spiro atoms. The summed E-state index contributed by atoms with van der Waals surface area (Å²) in [4.78, 5) is 25.3. The van der Waals surface area contributed by atoms with E-state index in [1.54, 1.807) is 13.8 Å². The van der Waals surface area contributed by atoms with Crippen molar-refractivity contribution in [1.29, 1.82) is 0 Å². The number of carbonyl (C=O) groups is 2. The smallest absolute Gasteiger partial charge is 0.311 e. The molecule has 0 radical (unpaired) electrons. The maximum absolute atomic E-state index is 12.7. The zero-order valence-corrected chi connectivity index (χ0v) is 14.5. The normalized spacial score (nSPS) is 20.6. The highest BCUT2D eigenvalue weighted by atomic mass is 16.5. The zero-order valence-electron chi connectivity index (χ0n) is 14.5. The van der Waals surface area contributed by atoms with Crippen LogP contribution in [0.2, 0.25) is 0 Å². The molecule has 0 N–H and O–H groups in total. The van der Waals surface area contributed by atoms with Crippen LogP contribution < -0.4 is 0 Å². The molecule has 4 nitrogen and oxygen atoms in total. The van der Waals surface area contributed by atoms with Gasteiger partial charge in [0.1, 0.15) is 0 Å². The van der Waals surface area contributed by atoms with Crippen molar-refractivity contribution in [2.24, 2.45) is 11.8 Å². The van der Waals surface area contributed by atoms with Gasteiger partial charge in [-0.1, -0.05) is 60.7 Å². The Morgan fingerprint density at radius 3 is 1.44 bits per heavy atom. The Morgan fingerprint density at radius 1 is 0.760 bits per heavy atom. The first-order valence-electron chi connectivity index (χ1n) is 8.62. The highest BCUT2D eigenvalue weighted by Crippen LogP contribution is 2.64. The fourth-order valence-corrected chi connectivity index (χ4v) is 3.81. The van der Waals surface area contributed by atoms with Crippen molar-refractivity contribution >= 4 is 11.9 Å². The van der Waals surface area contributed by atoms with Crippen molar-refractivity contribution in [2.45, 2.75) is 19.3 Å². The Bertz CT molecular complexity index is 674. The number of rotatable bonds is 6. The van der Waals surface area contributed by atoms with Crippen molar-refractivity contribution in [2.75, 3.05) is 13.2 Å².